The highest BCUT2D eigenvalue weighted by molar-refractivity contribution is 9.10. The number of anilines is 2. The summed E-state index contributed by atoms with van der Waals surface area (Å²) in [4.78, 5) is 23.7. The van der Waals surface area contributed by atoms with E-state index in [0.717, 1.165) is 10.0 Å². The quantitative estimate of drug-likeness (QED) is 0.789. The lowest BCUT2D eigenvalue weighted by Gasteiger charge is -2.09. The van der Waals surface area contributed by atoms with Crippen LogP contribution in [0.2, 0.25) is 5.02 Å². The van der Waals surface area contributed by atoms with E-state index in [4.69, 9.17) is 11.6 Å². The molecule has 0 saturated carbocycles. The van der Waals surface area contributed by atoms with Gasteiger partial charge in [-0.2, -0.15) is 0 Å². The Balaban J connectivity index is 2.04. The summed E-state index contributed by atoms with van der Waals surface area (Å²) in [6.07, 6.45) is 0. The normalized spacial score (nSPS) is 10.0. The Morgan fingerprint density at radius 2 is 1.62 bits per heavy atom. The molecule has 4 nitrogen and oxygen atoms in total. The molecule has 2 aromatic carbocycles. The van der Waals surface area contributed by atoms with Crippen LogP contribution in [0.15, 0.2) is 46.9 Å². The van der Waals surface area contributed by atoms with E-state index < -0.39 is 11.8 Å². The zero-order valence-corrected chi connectivity index (χ0v) is 13.5. The van der Waals surface area contributed by atoms with E-state index in [1.54, 1.807) is 42.5 Å². The van der Waals surface area contributed by atoms with Crippen LogP contribution in [0.4, 0.5) is 11.4 Å². The van der Waals surface area contributed by atoms with Crippen LogP contribution in [0.5, 0.6) is 0 Å². The van der Waals surface area contributed by atoms with Crippen LogP contribution in [0.3, 0.4) is 0 Å². The number of hydrogen-bond acceptors (Lipinski definition) is 2. The van der Waals surface area contributed by atoms with Crippen LogP contribution in [-0.4, -0.2) is 11.8 Å². The molecule has 0 aliphatic rings. The molecular formula is C15H12BrClN2O2. The molecule has 2 aromatic rings. The van der Waals surface area contributed by atoms with Crippen molar-refractivity contribution in [3.05, 3.63) is 57.5 Å². The lowest BCUT2D eigenvalue weighted by molar-refractivity contribution is -0.133. The predicted octanol–water partition coefficient (Wildman–Crippen LogP) is 3.99. The molecule has 0 aliphatic carbocycles. The van der Waals surface area contributed by atoms with E-state index in [2.05, 4.69) is 26.6 Å². The van der Waals surface area contributed by atoms with Crippen molar-refractivity contribution in [1.82, 2.24) is 0 Å². The van der Waals surface area contributed by atoms with Gasteiger partial charge in [-0.25, -0.2) is 0 Å². The number of carbonyl (C=O) groups excluding carboxylic acids is 2. The third-order valence-electron chi connectivity index (χ3n) is 2.76. The van der Waals surface area contributed by atoms with Crippen molar-refractivity contribution in [3.63, 3.8) is 0 Å². The van der Waals surface area contributed by atoms with Gasteiger partial charge in [0.05, 0.1) is 0 Å². The van der Waals surface area contributed by atoms with E-state index in [0.29, 0.717) is 16.4 Å². The predicted molar refractivity (Wildman–Crippen MR) is 87.6 cm³/mol. The van der Waals surface area contributed by atoms with Gasteiger partial charge in [-0.15, -0.1) is 0 Å². The minimum atomic E-state index is -0.747. The van der Waals surface area contributed by atoms with Crippen LogP contribution < -0.4 is 10.6 Å². The summed E-state index contributed by atoms with van der Waals surface area (Å²) in [6.45, 7) is 1.82. The maximum absolute atomic E-state index is 11.9. The molecule has 2 N–H and O–H groups in total. The third-order valence-corrected chi connectivity index (χ3v) is 3.52. The monoisotopic (exact) mass is 366 g/mol. The van der Waals surface area contributed by atoms with Gasteiger partial charge in [0.1, 0.15) is 0 Å². The molecule has 0 spiro atoms. The Bertz CT molecular complexity index is 687. The first-order valence-electron chi connectivity index (χ1n) is 6.10. The fourth-order valence-corrected chi connectivity index (χ4v) is 2.07. The van der Waals surface area contributed by atoms with Gasteiger partial charge in [-0.3, -0.25) is 9.59 Å². The molecule has 2 rings (SSSR count). The van der Waals surface area contributed by atoms with Gasteiger partial charge in [-0.05, 0) is 48.9 Å². The van der Waals surface area contributed by atoms with Gasteiger partial charge in [-0.1, -0.05) is 33.6 Å². The third kappa shape index (κ3) is 4.31. The second kappa shape index (κ2) is 6.74. The van der Waals surface area contributed by atoms with Crippen LogP contribution in [0.1, 0.15) is 5.56 Å². The summed E-state index contributed by atoms with van der Waals surface area (Å²) in [7, 11) is 0. The fraction of sp³-hybridized carbons (Fsp3) is 0.0667. The summed E-state index contributed by atoms with van der Waals surface area (Å²) in [5.74, 6) is -1.49. The van der Waals surface area contributed by atoms with Crippen molar-refractivity contribution in [3.8, 4) is 0 Å². The van der Waals surface area contributed by atoms with Crippen molar-refractivity contribution < 1.29 is 9.59 Å². The number of halogens is 2. The molecule has 0 fully saturated rings. The Hall–Kier alpha value is -1.85. The van der Waals surface area contributed by atoms with Gasteiger partial charge in [0.25, 0.3) is 0 Å². The Kier molecular flexibility index (Phi) is 4.98. The second-order valence-corrected chi connectivity index (χ2v) is 5.73. The van der Waals surface area contributed by atoms with Crippen molar-refractivity contribution in [2.24, 2.45) is 0 Å². The fourth-order valence-electron chi connectivity index (χ4n) is 1.63. The SMILES string of the molecule is Cc1ccc(Cl)cc1NC(=O)C(=O)Nc1ccc(Br)cc1. The van der Waals surface area contributed by atoms with Gasteiger partial charge in [0.2, 0.25) is 0 Å². The number of carbonyl (C=O) groups is 2. The molecule has 0 radical (unpaired) electrons. The summed E-state index contributed by atoms with van der Waals surface area (Å²) in [6, 6.07) is 12.0. The number of amides is 2. The molecule has 0 atom stereocenters. The molecular weight excluding hydrogens is 356 g/mol. The second-order valence-electron chi connectivity index (χ2n) is 4.37. The summed E-state index contributed by atoms with van der Waals surface area (Å²) in [5.41, 5.74) is 1.88. The number of nitrogens with one attached hydrogen (secondary N) is 2. The lowest BCUT2D eigenvalue weighted by atomic mass is 10.2. The molecule has 21 heavy (non-hydrogen) atoms. The summed E-state index contributed by atoms with van der Waals surface area (Å²) in [5, 5.41) is 5.55. The first-order valence-corrected chi connectivity index (χ1v) is 7.27. The van der Waals surface area contributed by atoms with E-state index in [1.807, 2.05) is 6.92 Å². The molecule has 2 amide bonds. The molecule has 0 aliphatic heterocycles. The zero-order chi connectivity index (χ0) is 15.4. The van der Waals surface area contributed by atoms with E-state index in [1.165, 1.54) is 0 Å². The van der Waals surface area contributed by atoms with Crippen LogP contribution in [-0.2, 0) is 9.59 Å². The summed E-state index contributed by atoms with van der Waals surface area (Å²) < 4.78 is 0.888. The van der Waals surface area contributed by atoms with Gasteiger partial charge in [0.15, 0.2) is 0 Å². The highest BCUT2D eigenvalue weighted by atomic mass is 79.9. The highest BCUT2D eigenvalue weighted by Crippen LogP contribution is 2.20. The smallest absolute Gasteiger partial charge is 0.314 e. The Morgan fingerprint density at radius 3 is 2.29 bits per heavy atom. The number of rotatable bonds is 2. The van der Waals surface area contributed by atoms with E-state index >= 15 is 0 Å². The number of benzene rings is 2. The molecule has 0 saturated heterocycles. The molecule has 6 heteroatoms. The number of aryl methyl sites for hydroxylation is 1. The van der Waals surface area contributed by atoms with Crippen molar-refractivity contribution >= 4 is 50.7 Å². The van der Waals surface area contributed by atoms with E-state index in [9.17, 15) is 9.59 Å². The highest BCUT2D eigenvalue weighted by Gasteiger charge is 2.15. The Morgan fingerprint density at radius 1 is 1.00 bits per heavy atom. The molecule has 0 heterocycles. The number of hydrogen-bond donors (Lipinski definition) is 2. The van der Waals surface area contributed by atoms with Crippen LogP contribution in [0, 0.1) is 6.92 Å². The zero-order valence-electron chi connectivity index (χ0n) is 11.1. The maximum Gasteiger partial charge on any atom is 0.314 e. The minimum Gasteiger partial charge on any atom is -0.318 e. The lowest BCUT2D eigenvalue weighted by Crippen LogP contribution is -2.29. The largest absolute Gasteiger partial charge is 0.318 e. The van der Waals surface area contributed by atoms with E-state index in [-0.39, 0.29) is 0 Å². The Labute approximate surface area is 135 Å². The van der Waals surface area contributed by atoms with Gasteiger partial charge in [0, 0.05) is 20.9 Å². The summed E-state index contributed by atoms with van der Waals surface area (Å²) >= 11 is 9.16. The van der Waals surface area contributed by atoms with Crippen LogP contribution >= 0.6 is 27.5 Å². The standard InChI is InChI=1S/C15H12BrClN2O2/c1-9-2-5-11(17)8-13(9)19-15(21)14(20)18-12-6-3-10(16)4-7-12/h2-8H,1H3,(H,18,20)(H,19,21). The average molecular weight is 368 g/mol. The molecule has 108 valence electrons. The maximum atomic E-state index is 11.9. The molecule has 0 unspecified atom stereocenters. The van der Waals surface area contributed by atoms with Gasteiger partial charge < -0.3 is 10.6 Å². The topological polar surface area (TPSA) is 58.2 Å². The van der Waals surface area contributed by atoms with Gasteiger partial charge >= 0.3 is 11.8 Å². The minimum absolute atomic E-state index is 0.490. The van der Waals surface area contributed by atoms with Crippen LogP contribution in [0.25, 0.3) is 0 Å². The molecule has 0 bridgehead atoms. The van der Waals surface area contributed by atoms with Crippen molar-refractivity contribution in [1.29, 1.82) is 0 Å². The average Bonchev–Trinajstić information content (AvgIpc) is 2.45. The first kappa shape index (κ1) is 15.5. The molecule has 0 aromatic heterocycles. The van der Waals surface area contributed by atoms with Crippen molar-refractivity contribution in [2.75, 3.05) is 10.6 Å². The van der Waals surface area contributed by atoms with Crippen molar-refractivity contribution in [2.45, 2.75) is 6.92 Å². The first-order chi connectivity index (χ1) is 9.95.